The summed E-state index contributed by atoms with van der Waals surface area (Å²) in [6.07, 6.45) is 0. The Balaban J connectivity index is 0.000000561. The molecular weight excluding hydrogens is 152 g/mol. The number of ether oxygens (including phenoxy) is 1. The number of aliphatic imine (C=N–C) groups is 1. The van der Waals surface area contributed by atoms with Gasteiger partial charge in [0, 0.05) is 20.2 Å². The van der Waals surface area contributed by atoms with E-state index in [-0.39, 0.29) is 0 Å². The lowest BCUT2D eigenvalue weighted by molar-refractivity contribution is 0.179. The van der Waals surface area contributed by atoms with E-state index in [1.807, 2.05) is 20.8 Å². The molecule has 0 aliphatic carbocycles. The molecule has 1 aliphatic heterocycles. The summed E-state index contributed by atoms with van der Waals surface area (Å²) in [6, 6.07) is 0. The molecule has 1 rings (SSSR count). The van der Waals surface area contributed by atoms with Gasteiger partial charge < -0.3 is 9.64 Å². The van der Waals surface area contributed by atoms with Crippen LogP contribution >= 0.6 is 0 Å². The van der Waals surface area contributed by atoms with E-state index < -0.39 is 0 Å². The molecule has 0 amide bonds. The van der Waals surface area contributed by atoms with Crippen LogP contribution in [-0.2, 0) is 4.74 Å². The number of amidine groups is 1. The maximum Gasteiger partial charge on any atom is 0.0959 e. The standard InChI is InChI=1S/C7H14N2O.C2H6/c1-7-8-3-4-9(7)5-6-10-2;1-2/h3-6H2,1-2H3;1-2H3. The zero-order chi connectivity index (χ0) is 9.40. The number of hydrogen-bond donors (Lipinski definition) is 0. The predicted octanol–water partition coefficient (Wildman–Crippen LogP) is 1.39. The Morgan fingerprint density at radius 1 is 1.50 bits per heavy atom. The lowest BCUT2D eigenvalue weighted by Crippen LogP contribution is -2.29. The lowest BCUT2D eigenvalue weighted by atomic mass is 10.5. The van der Waals surface area contributed by atoms with Gasteiger partial charge in [-0.2, -0.15) is 0 Å². The number of hydrogen-bond acceptors (Lipinski definition) is 3. The van der Waals surface area contributed by atoms with Gasteiger partial charge in [-0.05, 0) is 6.92 Å². The molecule has 0 saturated carbocycles. The van der Waals surface area contributed by atoms with Gasteiger partial charge in [0.2, 0.25) is 0 Å². The fraction of sp³-hybridized carbons (Fsp3) is 0.889. The first kappa shape index (κ1) is 11.4. The summed E-state index contributed by atoms with van der Waals surface area (Å²) in [7, 11) is 1.72. The molecule has 0 aromatic rings. The van der Waals surface area contributed by atoms with Gasteiger partial charge in [0.05, 0.1) is 19.0 Å². The van der Waals surface area contributed by atoms with Gasteiger partial charge in [-0.15, -0.1) is 0 Å². The number of rotatable bonds is 3. The van der Waals surface area contributed by atoms with Crippen molar-refractivity contribution in [1.29, 1.82) is 0 Å². The summed E-state index contributed by atoms with van der Waals surface area (Å²) in [6.45, 7) is 9.84. The Bertz CT molecular complexity index is 134. The summed E-state index contributed by atoms with van der Waals surface area (Å²) in [5.74, 6) is 1.15. The minimum Gasteiger partial charge on any atom is -0.383 e. The highest BCUT2D eigenvalue weighted by Crippen LogP contribution is 1.99. The van der Waals surface area contributed by atoms with Gasteiger partial charge in [-0.3, -0.25) is 4.99 Å². The van der Waals surface area contributed by atoms with E-state index in [0.717, 1.165) is 32.1 Å². The van der Waals surface area contributed by atoms with E-state index in [1.54, 1.807) is 7.11 Å². The first-order chi connectivity index (χ1) is 5.84. The Morgan fingerprint density at radius 2 is 2.17 bits per heavy atom. The van der Waals surface area contributed by atoms with Gasteiger partial charge in [0.1, 0.15) is 0 Å². The van der Waals surface area contributed by atoms with Crippen LogP contribution in [0.15, 0.2) is 4.99 Å². The zero-order valence-corrected chi connectivity index (χ0v) is 8.63. The van der Waals surface area contributed by atoms with Crippen molar-refractivity contribution < 1.29 is 4.74 Å². The monoisotopic (exact) mass is 172 g/mol. The second-order valence-electron chi connectivity index (χ2n) is 2.41. The molecule has 0 fully saturated rings. The van der Waals surface area contributed by atoms with Crippen LogP contribution in [0.5, 0.6) is 0 Å². The van der Waals surface area contributed by atoms with Crippen LogP contribution in [-0.4, -0.2) is 44.1 Å². The van der Waals surface area contributed by atoms with Crippen LogP contribution in [0.25, 0.3) is 0 Å². The minimum atomic E-state index is 0.798. The smallest absolute Gasteiger partial charge is 0.0959 e. The average molecular weight is 172 g/mol. The Morgan fingerprint density at radius 3 is 2.58 bits per heavy atom. The summed E-state index contributed by atoms with van der Waals surface area (Å²) >= 11 is 0. The molecule has 3 heteroatoms. The van der Waals surface area contributed by atoms with Crippen LogP contribution in [0.2, 0.25) is 0 Å². The van der Waals surface area contributed by atoms with Crippen molar-refractivity contribution in [2.24, 2.45) is 4.99 Å². The second-order valence-corrected chi connectivity index (χ2v) is 2.41. The number of methoxy groups -OCH3 is 1. The highest BCUT2D eigenvalue weighted by atomic mass is 16.5. The van der Waals surface area contributed by atoms with Gasteiger partial charge >= 0.3 is 0 Å². The molecule has 0 bridgehead atoms. The Hall–Kier alpha value is -0.570. The average Bonchev–Trinajstić information content (AvgIpc) is 2.51. The summed E-state index contributed by atoms with van der Waals surface area (Å²) in [5, 5.41) is 0. The zero-order valence-electron chi connectivity index (χ0n) is 8.63. The predicted molar refractivity (Wildman–Crippen MR) is 52.8 cm³/mol. The largest absolute Gasteiger partial charge is 0.383 e. The number of nitrogens with zero attached hydrogens (tertiary/aromatic N) is 2. The summed E-state index contributed by atoms with van der Waals surface area (Å²) < 4.78 is 4.96. The molecule has 1 aliphatic rings. The van der Waals surface area contributed by atoms with E-state index in [2.05, 4.69) is 9.89 Å². The van der Waals surface area contributed by atoms with Crippen molar-refractivity contribution in [2.75, 3.05) is 33.4 Å². The second kappa shape index (κ2) is 7.10. The van der Waals surface area contributed by atoms with E-state index in [0.29, 0.717) is 0 Å². The van der Waals surface area contributed by atoms with Crippen LogP contribution in [0.4, 0.5) is 0 Å². The Labute approximate surface area is 75.4 Å². The molecule has 0 saturated heterocycles. The van der Waals surface area contributed by atoms with Crippen LogP contribution < -0.4 is 0 Å². The third-order valence-electron chi connectivity index (χ3n) is 1.73. The first-order valence-corrected chi connectivity index (χ1v) is 4.59. The Kier molecular flexibility index (Phi) is 6.76. The van der Waals surface area contributed by atoms with Crippen molar-refractivity contribution in [3.63, 3.8) is 0 Å². The highest BCUT2D eigenvalue weighted by molar-refractivity contribution is 5.81. The highest BCUT2D eigenvalue weighted by Gasteiger charge is 2.10. The van der Waals surface area contributed by atoms with Crippen LogP contribution in [0, 0.1) is 0 Å². The maximum absolute atomic E-state index is 4.96. The molecule has 0 aromatic heterocycles. The van der Waals surface area contributed by atoms with E-state index in [4.69, 9.17) is 4.74 Å². The third kappa shape index (κ3) is 3.72. The maximum atomic E-state index is 4.96. The molecule has 72 valence electrons. The minimum absolute atomic E-state index is 0.798. The molecule has 0 atom stereocenters. The topological polar surface area (TPSA) is 24.8 Å². The van der Waals surface area contributed by atoms with Gasteiger partial charge in [0.15, 0.2) is 0 Å². The molecule has 0 spiro atoms. The molecule has 0 N–H and O–H groups in total. The molecule has 3 nitrogen and oxygen atoms in total. The van der Waals surface area contributed by atoms with Gasteiger partial charge in [-0.25, -0.2) is 0 Å². The third-order valence-corrected chi connectivity index (χ3v) is 1.73. The molecular formula is C9H20N2O. The summed E-state index contributed by atoms with van der Waals surface area (Å²) in [5.41, 5.74) is 0. The quantitative estimate of drug-likeness (QED) is 0.642. The fourth-order valence-electron chi connectivity index (χ4n) is 1.07. The SMILES string of the molecule is CC.COCCN1CCN=C1C. The molecule has 1 heterocycles. The van der Waals surface area contributed by atoms with Crippen molar-refractivity contribution in [3.8, 4) is 0 Å². The van der Waals surface area contributed by atoms with Crippen LogP contribution in [0.1, 0.15) is 20.8 Å². The fourth-order valence-corrected chi connectivity index (χ4v) is 1.07. The molecule has 0 unspecified atom stereocenters. The van der Waals surface area contributed by atoms with Gasteiger partial charge in [-0.1, -0.05) is 13.8 Å². The van der Waals surface area contributed by atoms with Crippen molar-refractivity contribution >= 4 is 5.84 Å². The van der Waals surface area contributed by atoms with Gasteiger partial charge in [0.25, 0.3) is 0 Å². The summed E-state index contributed by atoms with van der Waals surface area (Å²) in [4.78, 5) is 6.50. The molecule has 0 aromatic carbocycles. The van der Waals surface area contributed by atoms with E-state index >= 15 is 0 Å². The first-order valence-electron chi connectivity index (χ1n) is 4.59. The van der Waals surface area contributed by atoms with Crippen molar-refractivity contribution in [3.05, 3.63) is 0 Å². The lowest BCUT2D eigenvalue weighted by Gasteiger charge is -2.16. The molecule has 0 radical (unpaired) electrons. The van der Waals surface area contributed by atoms with Crippen LogP contribution in [0.3, 0.4) is 0 Å². The normalized spacial score (nSPS) is 15.3. The van der Waals surface area contributed by atoms with Crippen molar-refractivity contribution in [2.45, 2.75) is 20.8 Å². The van der Waals surface area contributed by atoms with E-state index in [9.17, 15) is 0 Å². The van der Waals surface area contributed by atoms with E-state index in [1.165, 1.54) is 0 Å². The molecule has 12 heavy (non-hydrogen) atoms. The van der Waals surface area contributed by atoms with Crippen molar-refractivity contribution in [1.82, 2.24) is 4.90 Å².